The number of amides is 2. The van der Waals surface area contributed by atoms with E-state index in [1.54, 1.807) is 6.92 Å². The van der Waals surface area contributed by atoms with Crippen LogP contribution in [0.1, 0.15) is 43.7 Å². The number of hydrogen-bond donors (Lipinski definition) is 2. The Morgan fingerprint density at radius 1 is 1.12 bits per heavy atom. The smallest absolute Gasteiger partial charge is 0.407 e. The van der Waals surface area contributed by atoms with Crippen LogP contribution in [0, 0.1) is 0 Å². The van der Waals surface area contributed by atoms with Gasteiger partial charge in [-0.05, 0) is 35.6 Å². The largest absolute Gasteiger partial charge is 0.480 e. The van der Waals surface area contributed by atoms with Gasteiger partial charge in [-0.25, -0.2) is 9.59 Å². The Balaban J connectivity index is 1.44. The molecule has 1 aliphatic carbocycles. The highest BCUT2D eigenvalue weighted by atomic mass is 16.5. The van der Waals surface area contributed by atoms with Crippen LogP contribution < -0.4 is 5.32 Å². The number of aliphatic carboxylic acids is 1. The van der Waals surface area contributed by atoms with Crippen LogP contribution in [-0.4, -0.2) is 65.9 Å². The number of nitrogens with zero attached hydrogens (tertiary/aromatic N) is 1. The minimum atomic E-state index is -1.13. The van der Waals surface area contributed by atoms with E-state index in [0.717, 1.165) is 22.3 Å². The highest BCUT2D eigenvalue weighted by Gasteiger charge is 2.40. The van der Waals surface area contributed by atoms with E-state index in [1.165, 1.54) is 4.90 Å². The fraction of sp³-hybridized carbons (Fsp3) is 0.423. The molecule has 1 fully saturated rings. The second kappa shape index (κ2) is 10.3. The van der Waals surface area contributed by atoms with Crippen LogP contribution in [0.2, 0.25) is 0 Å². The average Bonchev–Trinajstić information content (AvgIpc) is 3.15. The number of morpholine rings is 1. The summed E-state index contributed by atoms with van der Waals surface area (Å²) in [5.74, 6) is -1.65. The molecule has 0 saturated carbocycles. The molecule has 34 heavy (non-hydrogen) atoms. The zero-order chi connectivity index (χ0) is 24.2. The predicted octanol–water partition coefficient (Wildman–Crippen LogP) is 3.39. The van der Waals surface area contributed by atoms with Gasteiger partial charge in [0, 0.05) is 12.5 Å². The van der Waals surface area contributed by atoms with Gasteiger partial charge in [0.2, 0.25) is 5.91 Å². The molecule has 8 nitrogen and oxygen atoms in total. The van der Waals surface area contributed by atoms with Gasteiger partial charge in [0.1, 0.15) is 12.6 Å². The van der Waals surface area contributed by atoms with Crippen molar-refractivity contribution in [3.05, 3.63) is 59.7 Å². The van der Waals surface area contributed by atoms with Crippen molar-refractivity contribution in [2.24, 2.45) is 0 Å². The van der Waals surface area contributed by atoms with E-state index < -0.39 is 36.2 Å². The number of carboxylic acid groups (broad SMARTS) is 1. The Labute approximate surface area is 198 Å². The van der Waals surface area contributed by atoms with Gasteiger partial charge >= 0.3 is 12.1 Å². The summed E-state index contributed by atoms with van der Waals surface area (Å²) in [7, 11) is 0. The van der Waals surface area contributed by atoms with Gasteiger partial charge in [-0.2, -0.15) is 0 Å². The highest BCUT2D eigenvalue weighted by molar-refractivity contribution is 5.89. The van der Waals surface area contributed by atoms with Crippen molar-refractivity contribution < 1.29 is 29.0 Å². The first-order valence-electron chi connectivity index (χ1n) is 11.7. The van der Waals surface area contributed by atoms with Crippen molar-refractivity contribution in [1.29, 1.82) is 0 Å². The summed E-state index contributed by atoms with van der Waals surface area (Å²) in [6.45, 7) is 4.08. The van der Waals surface area contributed by atoms with Crippen molar-refractivity contribution >= 4 is 18.0 Å². The van der Waals surface area contributed by atoms with Gasteiger partial charge in [0.25, 0.3) is 0 Å². The van der Waals surface area contributed by atoms with Gasteiger partial charge < -0.3 is 24.8 Å². The maximum Gasteiger partial charge on any atom is 0.407 e. The Bertz CT molecular complexity index is 1030. The number of ether oxygens (including phenoxy) is 2. The van der Waals surface area contributed by atoms with Crippen molar-refractivity contribution in [1.82, 2.24) is 10.2 Å². The van der Waals surface area contributed by atoms with E-state index in [-0.39, 0.29) is 25.7 Å². The SMILES string of the molecule is CCC[C@@H](NC(=O)OCC1c2ccccc2-c2ccccc21)C(=O)N1CCOC(C)C1C(=O)O. The number of carbonyl (C=O) groups excluding carboxylic acids is 2. The van der Waals surface area contributed by atoms with E-state index in [2.05, 4.69) is 17.4 Å². The lowest BCUT2D eigenvalue weighted by Gasteiger charge is -2.38. The summed E-state index contributed by atoms with van der Waals surface area (Å²) >= 11 is 0. The van der Waals surface area contributed by atoms with Crippen LogP contribution in [0.25, 0.3) is 11.1 Å². The summed E-state index contributed by atoms with van der Waals surface area (Å²) in [5, 5.41) is 12.3. The van der Waals surface area contributed by atoms with E-state index in [9.17, 15) is 19.5 Å². The van der Waals surface area contributed by atoms with Crippen molar-refractivity contribution in [2.45, 2.75) is 50.8 Å². The zero-order valence-corrected chi connectivity index (χ0v) is 19.4. The summed E-state index contributed by atoms with van der Waals surface area (Å²) in [6, 6.07) is 14.2. The van der Waals surface area contributed by atoms with Gasteiger partial charge in [-0.15, -0.1) is 0 Å². The number of fused-ring (bicyclic) bond motifs is 3. The lowest BCUT2D eigenvalue weighted by molar-refractivity contribution is -0.165. The third-order valence-electron chi connectivity index (χ3n) is 6.54. The van der Waals surface area contributed by atoms with Crippen LogP contribution in [0.15, 0.2) is 48.5 Å². The Hall–Kier alpha value is -3.39. The third-order valence-corrected chi connectivity index (χ3v) is 6.54. The topological polar surface area (TPSA) is 105 Å². The van der Waals surface area contributed by atoms with Crippen molar-refractivity contribution in [3.63, 3.8) is 0 Å². The molecule has 0 radical (unpaired) electrons. The first-order valence-corrected chi connectivity index (χ1v) is 11.7. The summed E-state index contributed by atoms with van der Waals surface area (Å²) in [5.41, 5.74) is 4.47. The molecule has 4 rings (SSSR count). The van der Waals surface area contributed by atoms with Crippen LogP contribution in [0.3, 0.4) is 0 Å². The number of carbonyl (C=O) groups is 3. The molecule has 0 spiro atoms. The Morgan fingerprint density at radius 2 is 1.74 bits per heavy atom. The van der Waals surface area contributed by atoms with Crippen LogP contribution in [0.5, 0.6) is 0 Å². The van der Waals surface area contributed by atoms with Crippen molar-refractivity contribution in [2.75, 3.05) is 19.8 Å². The molecular weight excluding hydrogens is 436 g/mol. The number of benzene rings is 2. The molecule has 180 valence electrons. The van der Waals surface area contributed by atoms with E-state index in [1.807, 2.05) is 43.3 Å². The number of hydrogen-bond acceptors (Lipinski definition) is 5. The fourth-order valence-electron chi connectivity index (χ4n) is 4.93. The summed E-state index contributed by atoms with van der Waals surface area (Å²) < 4.78 is 11.0. The van der Waals surface area contributed by atoms with E-state index >= 15 is 0 Å². The minimum Gasteiger partial charge on any atom is -0.480 e. The normalized spacial score (nSPS) is 20.2. The maximum atomic E-state index is 13.2. The number of rotatable bonds is 7. The third kappa shape index (κ3) is 4.63. The first kappa shape index (κ1) is 23.8. The molecule has 2 aliphatic rings. The summed E-state index contributed by atoms with van der Waals surface area (Å²) in [6.07, 6.45) is -0.313. The number of alkyl carbamates (subject to hydrolysis) is 1. The molecule has 2 N–H and O–H groups in total. The first-order chi connectivity index (χ1) is 16.4. The minimum absolute atomic E-state index is 0.0880. The lowest BCUT2D eigenvalue weighted by atomic mass is 9.98. The zero-order valence-electron chi connectivity index (χ0n) is 19.4. The maximum absolute atomic E-state index is 13.2. The molecule has 2 amide bonds. The Kier molecular flexibility index (Phi) is 7.17. The number of nitrogens with one attached hydrogen (secondary N) is 1. The molecule has 2 aromatic rings. The molecule has 1 saturated heterocycles. The predicted molar refractivity (Wildman–Crippen MR) is 125 cm³/mol. The fourth-order valence-corrected chi connectivity index (χ4v) is 4.93. The molecule has 8 heteroatoms. The molecule has 0 bridgehead atoms. The quantitative estimate of drug-likeness (QED) is 0.648. The van der Waals surface area contributed by atoms with Crippen LogP contribution in [0.4, 0.5) is 4.79 Å². The van der Waals surface area contributed by atoms with E-state index in [0.29, 0.717) is 12.8 Å². The van der Waals surface area contributed by atoms with Crippen molar-refractivity contribution in [3.8, 4) is 11.1 Å². The van der Waals surface area contributed by atoms with Gasteiger partial charge in [0.05, 0.1) is 12.7 Å². The standard InChI is InChI=1S/C26H30N2O6/c1-3-8-22(24(29)28-13-14-33-16(2)23(28)25(30)31)27-26(32)34-15-21-19-11-6-4-9-17(19)18-10-5-7-12-20(18)21/h4-7,9-12,16,21-23H,3,8,13-15H2,1-2H3,(H,27,32)(H,30,31)/t16?,22-,23?/m1/s1. The van der Waals surface area contributed by atoms with Gasteiger partial charge in [0.15, 0.2) is 6.04 Å². The summed E-state index contributed by atoms with van der Waals surface area (Å²) in [4.78, 5) is 39.0. The van der Waals surface area contributed by atoms with Gasteiger partial charge in [-0.3, -0.25) is 4.79 Å². The lowest BCUT2D eigenvalue weighted by Crippen LogP contribution is -2.60. The molecule has 1 aliphatic heterocycles. The average molecular weight is 467 g/mol. The molecule has 2 aromatic carbocycles. The number of carboxylic acids is 1. The molecular formula is C26H30N2O6. The van der Waals surface area contributed by atoms with Crippen LogP contribution >= 0.6 is 0 Å². The van der Waals surface area contributed by atoms with Gasteiger partial charge in [-0.1, -0.05) is 61.9 Å². The molecule has 0 aromatic heterocycles. The second-order valence-electron chi connectivity index (χ2n) is 8.70. The molecule has 1 heterocycles. The monoisotopic (exact) mass is 466 g/mol. The van der Waals surface area contributed by atoms with E-state index in [4.69, 9.17) is 9.47 Å². The second-order valence-corrected chi connectivity index (χ2v) is 8.70. The highest BCUT2D eigenvalue weighted by Crippen LogP contribution is 2.44. The molecule has 2 unspecified atom stereocenters. The Morgan fingerprint density at radius 3 is 2.32 bits per heavy atom. The van der Waals surface area contributed by atoms with Crippen LogP contribution in [-0.2, 0) is 19.1 Å². The molecule has 3 atom stereocenters.